The van der Waals surface area contributed by atoms with Gasteiger partial charge in [0.1, 0.15) is 0 Å². The molecule has 1 heterocycles. The summed E-state index contributed by atoms with van der Waals surface area (Å²) in [7, 11) is 1.82. The van der Waals surface area contributed by atoms with Crippen LogP contribution in [0.4, 0.5) is 5.69 Å². The highest BCUT2D eigenvalue weighted by molar-refractivity contribution is 5.95. The molecule has 1 amide bonds. The summed E-state index contributed by atoms with van der Waals surface area (Å²) in [6, 6.07) is 5.92. The molecule has 1 aliphatic heterocycles. The van der Waals surface area contributed by atoms with Crippen molar-refractivity contribution in [3.8, 4) is 0 Å². The van der Waals surface area contributed by atoms with E-state index < -0.39 is 0 Å². The molecule has 0 unspecified atom stereocenters. The molecule has 1 aromatic rings. The molecule has 0 radical (unpaired) electrons. The molecule has 1 aromatic carbocycles. The molecule has 0 aliphatic carbocycles. The lowest BCUT2D eigenvalue weighted by atomic mass is 10.1. The van der Waals surface area contributed by atoms with Gasteiger partial charge >= 0.3 is 0 Å². The fraction of sp³-hybridized carbons (Fsp3) is 0.417. The van der Waals surface area contributed by atoms with Crippen molar-refractivity contribution in [2.75, 3.05) is 25.5 Å². The van der Waals surface area contributed by atoms with Crippen molar-refractivity contribution in [1.82, 2.24) is 4.90 Å². The first kappa shape index (κ1) is 10.0. The maximum Gasteiger partial charge on any atom is 0.253 e. The Morgan fingerprint density at radius 2 is 2.33 bits per heavy atom. The van der Waals surface area contributed by atoms with E-state index in [2.05, 4.69) is 5.32 Å². The second-order valence-electron chi connectivity index (χ2n) is 3.87. The standard InChI is InChI=1S/C12H16N2O/c1-3-14(2)12(15)10-5-4-9-6-7-13-11(9)8-10/h4-5,8,13H,3,6-7H2,1-2H3. The van der Waals surface area contributed by atoms with Crippen LogP contribution in [0.3, 0.4) is 0 Å². The van der Waals surface area contributed by atoms with Crippen molar-refractivity contribution in [3.63, 3.8) is 0 Å². The Labute approximate surface area is 90.1 Å². The molecule has 0 spiro atoms. The van der Waals surface area contributed by atoms with E-state index in [1.807, 2.05) is 32.2 Å². The lowest BCUT2D eigenvalue weighted by Gasteiger charge is -2.14. The second kappa shape index (κ2) is 3.93. The first-order valence-electron chi connectivity index (χ1n) is 5.34. The molecule has 2 rings (SSSR count). The molecule has 3 nitrogen and oxygen atoms in total. The van der Waals surface area contributed by atoms with E-state index in [0.29, 0.717) is 0 Å². The summed E-state index contributed by atoms with van der Waals surface area (Å²) in [5.41, 5.74) is 3.20. The second-order valence-corrected chi connectivity index (χ2v) is 3.87. The Morgan fingerprint density at radius 1 is 1.53 bits per heavy atom. The Balaban J connectivity index is 2.26. The summed E-state index contributed by atoms with van der Waals surface area (Å²) in [5, 5.41) is 3.28. The summed E-state index contributed by atoms with van der Waals surface area (Å²) < 4.78 is 0. The van der Waals surface area contributed by atoms with Gasteiger partial charge in [0.15, 0.2) is 0 Å². The van der Waals surface area contributed by atoms with Gasteiger partial charge in [0.2, 0.25) is 0 Å². The van der Waals surface area contributed by atoms with Gasteiger partial charge in [-0.1, -0.05) is 6.07 Å². The van der Waals surface area contributed by atoms with Crippen LogP contribution in [0.1, 0.15) is 22.8 Å². The molecular weight excluding hydrogens is 188 g/mol. The van der Waals surface area contributed by atoms with Gasteiger partial charge in [-0.25, -0.2) is 0 Å². The summed E-state index contributed by atoms with van der Waals surface area (Å²) in [6.45, 7) is 3.70. The number of anilines is 1. The van der Waals surface area contributed by atoms with Crippen molar-refractivity contribution in [2.24, 2.45) is 0 Å². The molecule has 0 bridgehead atoms. The number of hydrogen-bond acceptors (Lipinski definition) is 2. The zero-order valence-corrected chi connectivity index (χ0v) is 9.21. The van der Waals surface area contributed by atoms with Crippen molar-refractivity contribution in [2.45, 2.75) is 13.3 Å². The number of carbonyl (C=O) groups excluding carboxylic acids is 1. The average Bonchev–Trinajstić information content (AvgIpc) is 2.73. The number of nitrogens with zero attached hydrogens (tertiary/aromatic N) is 1. The van der Waals surface area contributed by atoms with E-state index in [-0.39, 0.29) is 5.91 Å². The van der Waals surface area contributed by atoms with Crippen LogP contribution in [0.15, 0.2) is 18.2 Å². The third kappa shape index (κ3) is 1.82. The predicted octanol–water partition coefficient (Wildman–Crippen LogP) is 1.75. The monoisotopic (exact) mass is 204 g/mol. The Morgan fingerprint density at radius 3 is 3.07 bits per heavy atom. The van der Waals surface area contributed by atoms with Crippen LogP contribution in [-0.4, -0.2) is 30.9 Å². The third-order valence-electron chi connectivity index (χ3n) is 2.89. The minimum atomic E-state index is 0.0917. The van der Waals surface area contributed by atoms with Gasteiger partial charge in [-0.05, 0) is 31.0 Å². The van der Waals surface area contributed by atoms with E-state index in [0.717, 1.165) is 30.8 Å². The van der Waals surface area contributed by atoms with Gasteiger partial charge in [-0.3, -0.25) is 4.79 Å². The van der Waals surface area contributed by atoms with Crippen molar-refractivity contribution in [3.05, 3.63) is 29.3 Å². The van der Waals surface area contributed by atoms with E-state index >= 15 is 0 Å². The first-order chi connectivity index (χ1) is 7.22. The van der Waals surface area contributed by atoms with E-state index in [1.165, 1.54) is 5.56 Å². The largest absolute Gasteiger partial charge is 0.384 e. The van der Waals surface area contributed by atoms with Crippen LogP contribution in [0, 0.1) is 0 Å². The fourth-order valence-corrected chi connectivity index (χ4v) is 1.79. The molecule has 1 aliphatic rings. The topological polar surface area (TPSA) is 32.3 Å². The first-order valence-corrected chi connectivity index (χ1v) is 5.34. The predicted molar refractivity (Wildman–Crippen MR) is 61.3 cm³/mol. The zero-order chi connectivity index (χ0) is 10.8. The zero-order valence-electron chi connectivity index (χ0n) is 9.21. The summed E-state index contributed by atoms with van der Waals surface area (Å²) in [5.74, 6) is 0.0917. The normalized spacial score (nSPS) is 13.2. The Bertz CT molecular complexity index is 387. The van der Waals surface area contributed by atoms with Gasteiger partial charge in [0.05, 0.1) is 0 Å². The number of nitrogens with one attached hydrogen (secondary N) is 1. The molecule has 15 heavy (non-hydrogen) atoms. The SMILES string of the molecule is CCN(C)C(=O)c1ccc2c(c1)NCC2. The van der Waals surface area contributed by atoms with E-state index in [1.54, 1.807) is 4.90 Å². The summed E-state index contributed by atoms with van der Waals surface area (Å²) >= 11 is 0. The number of rotatable bonds is 2. The van der Waals surface area contributed by atoms with E-state index in [9.17, 15) is 4.79 Å². The van der Waals surface area contributed by atoms with Crippen molar-refractivity contribution in [1.29, 1.82) is 0 Å². The maximum absolute atomic E-state index is 11.9. The van der Waals surface area contributed by atoms with Gasteiger partial charge in [-0.15, -0.1) is 0 Å². The summed E-state index contributed by atoms with van der Waals surface area (Å²) in [4.78, 5) is 13.6. The van der Waals surface area contributed by atoms with Crippen LogP contribution in [0.2, 0.25) is 0 Å². The molecule has 1 N–H and O–H groups in total. The molecule has 0 aromatic heterocycles. The minimum absolute atomic E-state index is 0.0917. The van der Waals surface area contributed by atoms with Crippen molar-refractivity contribution < 1.29 is 4.79 Å². The fourth-order valence-electron chi connectivity index (χ4n) is 1.79. The highest BCUT2D eigenvalue weighted by Crippen LogP contribution is 2.23. The quantitative estimate of drug-likeness (QED) is 0.796. The number of fused-ring (bicyclic) bond motifs is 1. The van der Waals surface area contributed by atoms with Gasteiger partial charge in [0, 0.05) is 31.4 Å². The number of carbonyl (C=O) groups is 1. The molecule has 0 atom stereocenters. The summed E-state index contributed by atoms with van der Waals surface area (Å²) in [6.07, 6.45) is 1.06. The van der Waals surface area contributed by atoms with Crippen molar-refractivity contribution >= 4 is 11.6 Å². The highest BCUT2D eigenvalue weighted by Gasteiger charge is 2.14. The lowest BCUT2D eigenvalue weighted by molar-refractivity contribution is 0.0802. The molecule has 3 heteroatoms. The van der Waals surface area contributed by atoms with Crippen LogP contribution in [0.5, 0.6) is 0 Å². The van der Waals surface area contributed by atoms with Crippen LogP contribution in [0.25, 0.3) is 0 Å². The molecule has 0 fully saturated rings. The molecule has 0 saturated carbocycles. The van der Waals surface area contributed by atoms with Crippen LogP contribution >= 0.6 is 0 Å². The van der Waals surface area contributed by atoms with Gasteiger partial charge < -0.3 is 10.2 Å². The molecule has 0 saturated heterocycles. The van der Waals surface area contributed by atoms with Gasteiger partial charge in [0.25, 0.3) is 5.91 Å². The smallest absolute Gasteiger partial charge is 0.253 e. The maximum atomic E-state index is 11.9. The van der Waals surface area contributed by atoms with Crippen LogP contribution in [-0.2, 0) is 6.42 Å². The molecular formula is C12H16N2O. The Kier molecular flexibility index (Phi) is 2.62. The molecule has 80 valence electrons. The van der Waals surface area contributed by atoms with E-state index in [4.69, 9.17) is 0 Å². The van der Waals surface area contributed by atoms with Crippen LogP contribution < -0.4 is 5.32 Å². The number of benzene rings is 1. The minimum Gasteiger partial charge on any atom is -0.384 e. The Hall–Kier alpha value is -1.51. The lowest BCUT2D eigenvalue weighted by Crippen LogP contribution is -2.26. The third-order valence-corrected chi connectivity index (χ3v) is 2.89. The highest BCUT2D eigenvalue weighted by atomic mass is 16.2. The number of hydrogen-bond donors (Lipinski definition) is 1. The number of amides is 1. The average molecular weight is 204 g/mol. The van der Waals surface area contributed by atoms with Gasteiger partial charge in [-0.2, -0.15) is 0 Å².